The van der Waals surface area contributed by atoms with E-state index in [4.69, 9.17) is 9.26 Å². The van der Waals surface area contributed by atoms with E-state index in [2.05, 4.69) is 15.5 Å². The van der Waals surface area contributed by atoms with Gasteiger partial charge in [0.25, 0.3) is 5.82 Å². The molecule has 2 heterocycles. The first-order chi connectivity index (χ1) is 8.79. The lowest BCUT2D eigenvalue weighted by molar-refractivity contribution is 0.0508. The van der Waals surface area contributed by atoms with Gasteiger partial charge in [-0.2, -0.15) is 4.98 Å². The molecule has 1 aliphatic heterocycles. The molecule has 6 nitrogen and oxygen atoms in total. The van der Waals surface area contributed by atoms with Crippen LogP contribution in [0.5, 0.6) is 0 Å². The Hall–Kier alpha value is -1.43. The Morgan fingerprint density at radius 3 is 3.22 bits per heavy atom. The molecule has 18 heavy (non-hydrogen) atoms. The van der Waals surface area contributed by atoms with Crippen LogP contribution in [0.2, 0.25) is 0 Å². The molecular weight excluding hydrogens is 234 g/mol. The third-order valence-electron chi connectivity index (χ3n) is 3.09. The summed E-state index contributed by atoms with van der Waals surface area (Å²) in [4.78, 5) is 15.4. The van der Waals surface area contributed by atoms with Crippen molar-refractivity contribution in [3.8, 4) is 0 Å². The monoisotopic (exact) mass is 253 g/mol. The second-order valence-electron chi connectivity index (χ2n) is 4.48. The number of aromatic nitrogens is 2. The molecule has 0 spiro atoms. The van der Waals surface area contributed by atoms with Gasteiger partial charge in [0.05, 0.1) is 6.61 Å². The second kappa shape index (κ2) is 6.49. The van der Waals surface area contributed by atoms with Crippen LogP contribution in [0.25, 0.3) is 0 Å². The Balaban J connectivity index is 1.80. The topological polar surface area (TPSA) is 77.2 Å². The molecule has 0 bridgehead atoms. The maximum atomic E-state index is 11.3. The van der Waals surface area contributed by atoms with Crippen molar-refractivity contribution in [1.29, 1.82) is 0 Å². The first kappa shape index (κ1) is 13.0. The van der Waals surface area contributed by atoms with E-state index >= 15 is 0 Å². The van der Waals surface area contributed by atoms with Gasteiger partial charge in [0, 0.05) is 6.42 Å². The molecule has 1 saturated heterocycles. The van der Waals surface area contributed by atoms with Gasteiger partial charge in [-0.3, -0.25) is 0 Å². The summed E-state index contributed by atoms with van der Waals surface area (Å²) in [6.45, 7) is 4.23. The van der Waals surface area contributed by atoms with Crippen LogP contribution in [0.3, 0.4) is 0 Å². The highest BCUT2D eigenvalue weighted by Crippen LogP contribution is 2.16. The lowest BCUT2D eigenvalue weighted by Gasteiger charge is -2.21. The van der Waals surface area contributed by atoms with E-state index in [0.717, 1.165) is 25.9 Å². The van der Waals surface area contributed by atoms with E-state index in [0.29, 0.717) is 18.4 Å². The van der Waals surface area contributed by atoms with Crippen molar-refractivity contribution in [2.75, 3.05) is 19.7 Å². The largest absolute Gasteiger partial charge is 0.460 e. The van der Waals surface area contributed by atoms with Crippen molar-refractivity contribution >= 4 is 5.97 Å². The summed E-state index contributed by atoms with van der Waals surface area (Å²) >= 11 is 0. The molecular formula is C12H19N3O3. The normalized spacial score (nSPS) is 19.7. The van der Waals surface area contributed by atoms with Crippen LogP contribution < -0.4 is 5.32 Å². The molecule has 1 unspecified atom stereocenters. The van der Waals surface area contributed by atoms with Crippen LogP contribution in [0.15, 0.2) is 4.52 Å². The maximum Gasteiger partial charge on any atom is 0.379 e. The summed E-state index contributed by atoms with van der Waals surface area (Å²) in [5.41, 5.74) is 0. The van der Waals surface area contributed by atoms with Crippen molar-refractivity contribution < 1.29 is 14.1 Å². The standard InChI is InChI=1S/C12H19N3O3/c1-2-17-12(16)11-14-10(18-15-11)6-5-9-4-3-7-13-8-9/h9,13H,2-8H2,1H3. The molecule has 1 aliphatic rings. The second-order valence-corrected chi connectivity index (χ2v) is 4.48. The summed E-state index contributed by atoms with van der Waals surface area (Å²) in [6, 6.07) is 0. The molecule has 0 saturated carbocycles. The predicted octanol–water partition coefficient (Wildman–Crippen LogP) is 1.18. The Kier molecular flexibility index (Phi) is 4.69. The number of ether oxygens (including phenoxy) is 1. The van der Waals surface area contributed by atoms with Gasteiger partial charge >= 0.3 is 5.97 Å². The maximum absolute atomic E-state index is 11.3. The van der Waals surface area contributed by atoms with Gasteiger partial charge in [0.15, 0.2) is 0 Å². The van der Waals surface area contributed by atoms with Gasteiger partial charge in [0.2, 0.25) is 5.89 Å². The molecule has 1 aromatic rings. The first-order valence-electron chi connectivity index (χ1n) is 6.50. The minimum Gasteiger partial charge on any atom is -0.460 e. The summed E-state index contributed by atoms with van der Waals surface area (Å²) in [5, 5.41) is 6.99. The molecule has 1 atom stereocenters. The van der Waals surface area contributed by atoms with Gasteiger partial charge in [-0.05, 0) is 50.4 Å². The molecule has 0 aliphatic carbocycles. The SMILES string of the molecule is CCOC(=O)c1noc(CCC2CCCNC2)n1. The van der Waals surface area contributed by atoms with Gasteiger partial charge in [-0.1, -0.05) is 0 Å². The summed E-state index contributed by atoms with van der Waals surface area (Å²) < 4.78 is 9.84. The van der Waals surface area contributed by atoms with E-state index in [1.54, 1.807) is 6.92 Å². The molecule has 1 aromatic heterocycles. The van der Waals surface area contributed by atoms with Crippen molar-refractivity contribution in [3.05, 3.63) is 11.7 Å². The average Bonchev–Trinajstić information content (AvgIpc) is 2.87. The van der Waals surface area contributed by atoms with Gasteiger partial charge in [-0.15, -0.1) is 0 Å². The minimum absolute atomic E-state index is 0.0219. The predicted molar refractivity (Wildman–Crippen MR) is 64.2 cm³/mol. The molecule has 2 rings (SSSR count). The molecule has 6 heteroatoms. The smallest absolute Gasteiger partial charge is 0.379 e. The number of carbonyl (C=O) groups excluding carboxylic acids is 1. The highest BCUT2D eigenvalue weighted by atomic mass is 16.5. The molecule has 100 valence electrons. The molecule has 0 amide bonds. The van der Waals surface area contributed by atoms with Crippen LogP contribution in [0.4, 0.5) is 0 Å². The quantitative estimate of drug-likeness (QED) is 0.794. The fraction of sp³-hybridized carbons (Fsp3) is 0.750. The molecule has 1 N–H and O–H groups in total. The van der Waals surface area contributed by atoms with Crippen molar-refractivity contribution in [1.82, 2.24) is 15.5 Å². The third kappa shape index (κ3) is 3.53. The highest BCUT2D eigenvalue weighted by molar-refractivity contribution is 5.84. The number of hydrogen-bond acceptors (Lipinski definition) is 6. The van der Waals surface area contributed by atoms with E-state index in [9.17, 15) is 4.79 Å². The highest BCUT2D eigenvalue weighted by Gasteiger charge is 2.18. The summed E-state index contributed by atoms with van der Waals surface area (Å²) in [6.07, 6.45) is 4.20. The molecule has 1 fully saturated rings. The number of aryl methyl sites for hydroxylation is 1. The lowest BCUT2D eigenvalue weighted by atomic mass is 9.95. The number of rotatable bonds is 5. The minimum atomic E-state index is -0.521. The molecule has 0 aromatic carbocycles. The van der Waals surface area contributed by atoms with Crippen LogP contribution in [-0.2, 0) is 11.2 Å². The van der Waals surface area contributed by atoms with Crippen LogP contribution in [0.1, 0.15) is 42.7 Å². The lowest BCUT2D eigenvalue weighted by Crippen LogP contribution is -2.29. The number of carbonyl (C=O) groups is 1. The van der Waals surface area contributed by atoms with Gasteiger partial charge in [-0.25, -0.2) is 4.79 Å². The number of esters is 1. The Bertz CT molecular complexity index is 386. The van der Waals surface area contributed by atoms with Crippen molar-refractivity contribution in [2.45, 2.75) is 32.6 Å². The summed E-state index contributed by atoms with van der Waals surface area (Å²) in [5.74, 6) is 0.681. The van der Waals surface area contributed by atoms with Crippen molar-refractivity contribution in [3.63, 3.8) is 0 Å². The first-order valence-corrected chi connectivity index (χ1v) is 6.50. The zero-order chi connectivity index (χ0) is 12.8. The van der Waals surface area contributed by atoms with E-state index in [1.165, 1.54) is 12.8 Å². The van der Waals surface area contributed by atoms with Gasteiger partial charge in [0.1, 0.15) is 0 Å². The zero-order valence-corrected chi connectivity index (χ0v) is 10.6. The molecule has 0 radical (unpaired) electrons. The number of nitrogens with one attached hydrogen (secondary N) is 1. The Morgan fingerprint density at radius 1 is 1.61 bits per heavy atom. The van der Waals surface area contributed by atoms with E-state index < -0.39 is 5.97 Å². The van der Waals surface area contributed by atoms with Crippen molar-refractivity contribution in [2.24, 2.45) is 5.92 Å². The van der Waals surface area contributed by atoms with Crippen LogP contribution >= 0.6 is 0 Å². The fourth-order valence-corrected chi connectivity index (χ4v) is 2.13. The van der Waals surface area contributed by atoms with Crippen LogP contribution in [-0.4, -0.2) is 35.8 Å². The Labute approximate surface area is 106 Å². The number of piperidine rings is 1. The summed E-state index contributed by atoms with van der Waals surface area (Å²) in [7, 11) is 0. The van der Waals surface area contributed by atoms with E-state index in [-0.39, 0.29) is 5.82 Å². The Morgan fingerprint density at radius 2 is 2.50 bits per heavy atom. The average molecular weight is 253 g/mol. The van der Waals surface area contributed by atoms with E-state index in [1.807, 2.05) is 0 Å². The zero-order valence-electron chi connectivity index (χ0n) is 10.6. The van der Waals surface area contributed by atoms with Gasteiger partial charge < -0.3 is 14.6 Å². The fourth-order valence-electron chi connectivity index (χ4n) is 2.13. The van der Waals surface area contributed by atoms with Crippen LogP contribution in [0, 0.1) is 5.92 Å². The number of nitrogens with zero attached hydrogens (tertiary/aromatic N) is 2. The number of hydrogen-bond donors (Lipinski definition) is 1. The third-order valence-corrected chi connectivity index (χ3v) is 3.09.